The van der Waals surface area contributed by atoms with E-state index < -0.39 is 0 Å². The van der Waals surface area contributed by atoms with Gasteiger partial charge in [-0.3, -0.25) is 9.59 Å². The van der Waals surface area contributed by atoms with E-state index in [-0.39, 0.29) is 17.9 Å². The van der Waals surface area contributed by atoms with E-state index in [1.54, 1.807) is 6.07 Å². The van der Waals surface area contributed by atoms with E-state index in [2.05, 4.69) is 10.2 Å². The van der Waals surface area contributed by atoms with Gasteiger partial charge in [-0.25, -0.2) is 0 Å². The summed E-state index contributed by atoms with van der Waals surface area (Å²) in [4.78, 5) is 29.5. The monoisotopic (exact) mass is 373 g/mol. The van der Waals surface area contributed by atoms with Crippen LogP contribution in [0.4, 0.5) is 0 Å². The van der Waals surface area contributed by atoms with Crippen LogP contribution in [-0.4, -0.2) is 65.3 Å². The second kappa shape index (κ2) is 8.01. The summed E-state index contributed by atoms with van der Waals surface area (Å²) in [5.74, 6) is 2.21. The maximum absolute atomic E-state index is 12.6. The maximum atomic E-state index is 12.6. The Kier molecular flexibility index (Phi) is 5.50. The third kappa shape index (κ3) is 3.91. The van der Waals surface area contributed by atoms with Crippen molar-refractivity contribution in [2.75, 3.05) is 37.7 Å². The summed E-state index contributed by atoms with van der Waals surface area (Å²) in [6, 6.07) is 5.81. The van der Waals surface area contributed by atoms with Gasteiger partial charge >= 0.3 is 0 Å². The summed E-state index contributed by atoms with van der Waals surface area (Å²) in [6.07, 6.45) is 4.91. The Balaban J connectivity index is 1.37. The Morgan fingerprint density at radius 2 is 2.04 bits per heavy atom. The number of carbonyl (C=O) groups excluding carboxylic acids is 2. The van der Waals surface area contributed by atoms with Crippen LogP contribution < -0.4 is 5.32 Å². The minimum atomic E-state index is -0.0143. The summed E-state index contributed by atoms with van der Waals surface area (Å²) in [5, 5.41) is 3.11. The molecular formula is C20H27N3O2S. The minimum absolute atomic E-state index is 0.0143. The summed E-state index contributed by atoms with van der Waals surface area (Å²) in [5.41, 5.74) is 2.42. The second-order valence-electron chi connectivity index (χ2n) is 7.53. The van der Waals surface area contributed by atoms with E-state index in [4.69, 9.17) is 0 Å². The van der Waals surface area contributed by atoms with Crippen LogP contribution in [0.5, 0.6) is 0 Å². The van der Waals surface area contributed by atoms with Crippen LogP contribution in [0.2, 0.25) is 0 Å². The molecule has 3 heterocycles. The average Bonchev–Trinajstić information content (AvgIpc) is 3.28. The predicted octanol–water partition coefficient (Wildman–Crippen LogP) is 2.36. The zero-order chi connectivity index (χ0) is 17.9. The van der Waals surface area contributed by atoms with Gasteiger partial charge in [0.05, 0.1) is 0 Å². The lowest BCUT2D eigenvalue weighted by molar-refractivity contribution is 0.0752. The summed E-state index contributed by atoms with van der Waals surface area (Å²) in [7, 11) is 0. The highest BCUT2D eigenvalue weighted by atomic mass is 32.2. The van der Waals surface area contributed by atoms with Gasteiger partial charge in [-0.2, -0.15) is 11.8 Å². The van der Waals surface area contributed by atoms with Gasteiger partial charge in [0, 0.05) is 42.6 Å². The normalized spacial score (nSPS) is 23.3. The number of thioether (sulfide) groups is 1. The number of fused-ring (bicyclic) bond motifs is 1. The van der Waals surface area contributed by atoms with Crippen LogP contribution >= 0.6 is 11.8 Å². The van der Waals surface area contributed by atoms with Crippen LogP contribution in [0.1, 0.15) is 52.0 Å². The van der Waals surface area contributed by atoms with E-state index in [1.165, 1.54) is 19.3 Å². The number of likely N-dealkylation sites (tertiary alicyclic amines) is 1. The number of amides is 2. The fourth-order valence-electron chi connectivity index (χ4n) is 4.07. The van der Waals surface area contributed by atoms with E-state index >= 15 is 0 Å². The third-order valence-electron chi connectivity index (χ3n) is 5.65. The van der Waals surface area contributed by atoms with Gasteiger partial charge in [0.15, 0.2) is 0 Å². The standard InChI is InChI=1S/C20H27N3O2S/c24-19(21-17-6-11-26-14-17)15-4-5-18-16(12-15)13-23(20(18)25)10-9-22-7-2-1-3-8-22/h4-5,12,17H,1-3,6-11,13-14H2,(H,21,24). The molecule has 0 aliphatic carbocycles. The maximum Gasteiger partial charge on any atom is 0.254 e. The Morgan fingerprint density at radius 3 is 2.81 bits per heavy atom. The molecule has 6 heteroatoms. The van der Waals surface area contributed by atoms with Crippen LogP contribution in [0.3, 0.4) is 0 Å². The zero-order valence-electron chi connectivity index (χ0n) is 15.2. The molecule has 1 unspecified atom stereocenters. The van der Waals surface area contributed by atoms with Crippen molar-refractivity contribution in [1.29, 1.82) is 0 Å². The lowest BCUT2D eigenvalue weighted by Crippen LogP contribution is -2.38. The van der Waals surface area contributed by atoms with Crippen molar-refractivity contribution in [2.45, 2.75) is 38.3 Å². The molecule has 5 nitrogen and oxygen atoms in total. The molecule has 2 saturated heterocycles. The number of hydrogen-bond donors (Lipinski definition) is 1. The molecule has 3 aliphatic heterocycles. The number of piperidine rings is 1. The lowest BCUT2D eigenvalue weighted by atomic mass is 10.1. The van der Waals surface area contributed by atoms with Crippen LogP contribution in [0.25, 0.3) is 0 Å². The molecular weight excluding hydrogens is 346 g/mol. The first-order chi connectivity index (χ1) is 12.7. The molecule has 26 heavy (non-hydrogen) atoms. The van der Waals surface area contributed by atoms with Gasteiger partial charge < -0.3 is 15.1 Å². The topological polar surface area (TPSA) is 52.7 Å². The molecule has 2 fully saturated rings. The van der Waals surface area contributed by atoms with Crippen molar-refractivity contribution in [2.24, 2.45) is 0 Å². The van der Waals surface area contributed by atoms with Gasteiger partial charge in [-0.1, -0.05) is 6.42 Å². The molecule has 1 aromatic carbocycles. The molecule has 1 N–H and O–H groups in total. The van der Waals surface area contributed by atoms with Crippen molar-refractivity contribution in [1.82, 2.24) is 15.1 Å². The Morgan fingerprint density at radius 1 is 1.19 bits per heavy atom. The van der Waals surface area contributed by atoms with Crippen molar-refractivity contribution >= 4 is 23.6 Å². The highest BCUT2D eigenvalue weighted by Gasteiger charge is 2.28. The molecule has 3 aliphatic rings. The fourth-order valence-corrected chi connectivity index (χ4v) is 5.22. The van der Waals surface area contributed by atoms with Crippen molar-refractivity contribution < 1.29 is 9.59 Å². The van der Waals surface area contributed by atoms with Gasteiger partial charge in [-0.15, -0.1) is 0 Å². The van der Waals surface area contributed by atoms with Gasteiger partial charge in [0.1, 0.15) is 0 Å². The number of benzene rings is 1. The number of nitrogens with one attached hydrogen (secondary N) is 1. The molecule has 1 atom stereocenters. The molecule has 0 bridgehead atoms. The van der Waals surface area contributed by atoms with Crippen molar-refractivity contribution in [3.05, 3.63) is 34.9 Å². The summed E-state index contributed by atoms with van der Waals surface area (Å²) in [6.45, 7) is 4.65. The van der Waals surface area contributed by atoms with Crippen LogP contribution in [0, 0.1) is 0 Å². The number of rotatable bonds is 5. The second-order valence-corrected chi connectivity index (χ2v) is 8.68. The summed E-state index contributed by atoms with van der Waals surface area (Å²) < 4.78 is 0. The van der Waals surface area contributed by atoms with Crippen LogP contribution in [-0.2, 0) is 6.54 Å². The van der Waals surface area contributed by atoms with Crippen LogP contribution in [0.15, 0.2) is 18.2 Å². The molecule has 0 saturated carbocycles. The van der Waals surface area contributed by atoms with Gasteiger partial charge in [-0.05, 0) is 61.9 Å². The van der Waals surface area contributed by atoms with Gasteiger partial charge in [0.2, 0.25) is 0 Å². The first kappa shape index (κ1) is 17.9. The third-order valence-corrected chi connectivity index (χ3v) is 6.81. The highest BCUT2D eigenvalue weighted by Crippen LogP contribution is 2.24. The molecule has 0 aromatic heterocycles. The zero-order valence-corrected chi connectivity index (χ0v) is 16.0. The Labute approximate surface area is 159 Å². The molecule has 0 spiro atoms. The SMILES string of the molecule is O=C(NC1CCSC1)c1ccc2c(c1)CN(CCN1CCCCC1)C2=O. The molecule has 4 rings (SSSR count). The smallest absolute Gasteiger partial charge is 0.254 e. The van der Waals surface area contributed by atoms with Crippen molar-refractivity contribution in [3.8, 4) is 0 Å². The molecule has 1 aromatic rings. The summed E-state index contributed by atoms with van der Waals surface area (Å²) >= 11 is 1.89. The van der Waals surface area contributed by atoms with E-state index in [1.807, 2.05) is 28.8 Å². The Hall–Kier alpha value is -1.53. The van der Waals surface area contributed by atoms with Gasteiger partial charge in [0.25, 0.3) is 11.8 Å². The first-order valence-electron chi connectivity index (χ1n) is 9.74. The molecule has 140 valence electrons. The first-order valence-corrected chi connectivity index (χ1v) is 10.9. The minimum Gasteiger partial charge on any atom is -0.348 e. The molecule has 2 amide bonds. The number of carbonyl (C=O) groups is 2. The fraction of sp³-hybridized carbons (Fsp3) is 0.600. The quantitative estimate of drug-likeness (QED) is 0.861. The van der Waals surface area contributed by atoms with E-state index in [9.17, 15) is 9.59 Å². The van der Waals surface area contributed by atoms with Crippen molar-refractivity contribution in [3.63, 3.8) is 0 Å². The predicted molar refractivity (Wildman–Crippen MR) is 105 cm³/mol. The Bertz CT molecular complexity index is 682. The number of hydrogen-bond acceptors (Lipinski definition) is 4. The molecule has 0 radical (unpaired) electrons. The van der Waals surface area contributed by atoms with E-state index in [0.29, 0.717) is 12.1 Å². The highest BCUT2D eigenvalue weighted by molar-refractivity contribution is 7.99. The van der Waals surface area contributed by atoms with E-state index in [0.717, 1.165) is 55.2 Å². The lowest BCUT2D eigenvalue weighted by Gasteiger charge is -2.28. The average molecular weight is 374 g/mol. The number of nitrogens with zero attached hydrogens (tertiary/aromatic N) is 2. The largest absolute Gasteiger partial charge is 0.348 e.